The van der Waals surface area contributed by atoms with Gasteiger partial charge in [-0.05, 0) is 10.6 Å². The predicted octanol–water partition coefficient (Wildman–Crippen LogP) is -2.94. The number of hydrogen-bond acceptors (Lipinski definition) is 10. The molecule has 2 aromatic heterocycles. The van der Waals surface area contributed by atoms with Crippen LogP contribution in [-0.2, 0) is 10.6 Å². The Morgan fingerprint density at radius 2 is 2.29 bits per heavy atom. The zero-order valence-electron chi connectivity index (χ0n) is 11.8. The highest BCUT2D eigenvalue weighted by molar-refractivity contribution is 5.70. The molecule has 3 heterocycles. The molecule has 0 radical (unpaired) electrons. The molecule has 128 valence electrons. The molecule has 3 rings (SSSR count). The molecule has 1 saturated heterocycles. The molecule has 7 N–H and O–H groups in total. The molecule has 14 heteroatoms. The molecule has 4 atom stereocenters. The van der Waals surface area contributed by atoms with E-state index in [1.165, 1.54) is 0 Å². The van der Waals surface area contributed by atoms with Gasteiger partial charge in [0.05, 0.1) is 6.61 Å². The number of nitrogens with zero attached hydrogens (tertiary/aromatic N) is 6. The maximum Gasteiger partial charge on any atom is 0.295 e. The van der Waals surface area contributed by atoms with Crippen molar-refractivity contribution in [2.75, 3.05) is 12.3 Å². The van der Waals surface area contributed by atoms with E-state index in [-0.39, 0.29) is 17.1 Å². The summed E-state index contributed by atoms with van der Waals surface area (Å²) >= 11 is 0. The zero-order chi connectivity index (χ0) is 17.7. The maximum atomic E-state index is 11.8. The van der Waals surface area contributed by atoms with Crippen LogP contribution in [0.25, 0.3) is 21.6 Å². The minimum Gasteiger partial charge on any atom is -0.394 e. The quantitative estimate of drug-likeness (QED) is 0.190. The number of fused-ring (bicyclic) bond motifs is 1. The van der Waals surface area contributed by atoms with Crippen LogP contribution >= 0.6 is 0 Å². The van der Waals surface area contributed by atoms with Crippen molar-refractivity contribution in [2.45, 2.75) is 23.8 Å². The lowest BCUT2D eigenvalue weighted by molar-refractivity contribution is -0.321. The van der Waals surface area contributed by atoms with Crippen molar-refractivity contribution in [1.29, 1.82) is 0 Å². The summed E-state index contributed by atoms with van der Waals surface area (Å²) in [6.45, 7) is -0.810. The number of aliphatic hydroxyl groups is 4. The summed E-state index contributed by atoms with van der Waals surface area (Å²) in [4.78, 5) is 23.9. The van der Waals surface area contributed by atoms with Crippen LogP contribution in [0.4, 0.5) is 5.95 Å². The first-order valence-corrected chi connectivity index (χ1v) is 6.49. The molecular weight excluding hydrogens is 328 g/mol. The second-order valence-electron chi connectivity index (χ2n) is 5.05. The largest absolute Gasteiger partial charge is 0.394 e. The Kier molecular flexibility index (Phi) is 3.45. The van der Waals surface area contributed by atoms with Crippen molar-refractivity contribution in [3.05, 3.63) is 27.1 Å². The minimum absolute atomic E-state index is 0.258. The first-order chi connectivity index (χ1) is 11.3. The van der Waals surface area contributed by atoms with E-state index in [4.69, 9.17) is 16.0 Å². The van der Waals surface area contributed by atoms with Crippen LogP contribution in [0.1, 0.15) is 0 Å². The Morgan fingerprint density at radius 1 is 1.58 bits per heavy atom. The van der Waals surface area contributed by atoms with Crippen molar-refractivity contribution in [2.24, 2.45) is 5.11 Å². The highest BCUT2D eigenvalue weighted by Gasteiger charge is 2.67. The van der Waals surface area contributed by atoms with Gasteiger partial charge >= 0.3 is 0 Å². The van der Waals surface area contributed by atoms with Crippen LogP contribution in [0.15, 0.2) is 16.2 Å². The fourth-order valence-electron chi connectivity index (χ4n) is 2.53. The van der Waals surface area contributed by atoms with Gasteiger partial charge in [-0.2, -0.15) is 4.98 Å². The molecular formula is C10H12N8O6. The number of rotatable bonds is 3. The number of aromatic amines is 1. The number of aliphatic hydroxyl groups excluding tert-OH is 2. The van der Waals surface area contributed by atoms with Gasteiger partial charge in [-0.25, -0.2) is 4.98 Å². The van der Waals surface area contributed by atoms with E-state index < -0.39 is 36.0 Å². The van der Waals surface area contributed by atoms with E-state index in [1.807, 2.05) is 0 Å². The first-order valence-electron chi connectivity index (χ1n) is 6.49. The summed E-state index contributed by atoms with van der Waals surface area (Å²) in [6.07, 6.45) is -2.61. The molecule has 14 nitrogen and oxygen atoms in total. The van der Waals surface area contributed by atoms with Crippen LogP contribution in [0.2, 0.25) is 0 Å². The molecule has 0 spiro atoms. The molecule has 0 amide bonds. The van der Waals surface area contributed by atoms with Crippen LogP contribution in [0.3, 0.4) is 0 Å². The Hall–Kier alpha value is -2.74. The Balaban J connectivity index is 2.30. The zero-order valence-corrected chi connectivity index (χ0v) is 11.8. The Bertz CT molecular complexity index is 904. The van der Waals surface area contributed by atoms with Crippen molar-refractivity contribution in [1.82, 2.24) is 19.5 Å². The maximum absolute atomic E-state index is 11.8. The average Bonchev–Trinajstić information content (AvgIpc) is 3.02. The van der Waals surface area contributed by atoms with Crippen molar-refractivity contribution >= 4 is 17.1 Å². The number of aromatic nitrogens is 4. The van der Waals surface area contributed by atoms with Gasteiger partial charge in [0, 0.05) is 4.91 Å². The van der Waals surface area contributed by atoms with E-state index in [0.717, 1.165) is 6.33 Å². The Labute approximate surface area is 131 Å². The number of nitrogen functional groups attached to an aromatic ring is 1. The van der Waals surface area contributed by atoms with Crippen molar-refractivity contribution in [3.8, 4) is 0 Å². The number of hydrogen-bond donors (Lipinski definition) is 6. The van der Waals surface area contributed by atoms with Crippen LogP contribution in [-0.4, -0.2) is 64.5 Å². The minimum atomic E-state index is -2.94. The van der Waals surface area contributed by atoms with Crippen LogP contribution in [0, 0.1) is 0 Å². The highest BCUT2D eigenvalue weighted by Crippen LogP contribution is 2.43. The molecule has 0 unspecified atom stereocenters. The number of imidazole rings is 1. The number of ether oxygens (including phenoxy) is 1. The average molecular weight is 340 g/mol. The number of nitrogens with one attached hydrogen (secondary N) is 1. The number of anilines is 1. The summed E-state index contributed by atoms with van der Waals surface area (Å²) in [5.41, 5.74) is 9.84. The summed E-state index contributed by atoms with van der Waals surface area (Å²) < 4.78 is 5.75. The molecule has 0 saturated carbocycles. The topological polar surface area (TPSA) is 228 Å². The summed E-state index contributed by atoms with van der Waals surface area (Å²) in [6, 6.07) is 0. The van der Waals surface area contributed by atoms with E-state index in [0.29, 0.717) is 4.57 Å². The lowest BCUT2D eigenvalue weighted by Gasteiger charge is -2.34. The van der Waals surface area contributed by atoms with Gasteiger partial charge in [0.15, 0.2) is 11.2 Å². The van der Waals surface area contributed by atoms with Gasteiger partial charge in [0.25, 0.3) is 11.5 Å². The molecule has 0 bridgehead atoms. The van der Waals surface area contributed by atoms with Gasteiger partial charge < -0.3 is 30.9 Å². The summed E-state index contributed by atoms with van der Waals surface area (Å²) in [5.74, 6) is -3.23. The van der Waals surface area contributed by atoms with Crippen LogP contribution in [0.5, 0.6) is 0 Å². The van der Waals surface area contributed by atoms with Gasteiger partial charge in [0.1, 0.15) is 18.5 Å². The van der Waals surface area contributed by atoms with Gasteiger partial charge in [-0.1, -0.05) is 0 Å². The molecule has 1 fully saturated rings. The summed E-state index contributed by atoms with van der Waals surface area (Å²) in [5, 5.41) is 43.5. The molecule has 1 aliphatic rings. The fourth-order valence-corrected chi connectivity index (χ4v) is 2.53. The third-order valence-corrected chi connectivity index (χ3v) is 3.69. The lowest BCUT2D eigenvalue weighted by atomic mass is 10.0. The molecule has 24 heavy (non-hydrogen) atoms. The first kappa shape index (κ1) is 16.1. The van der Waals surface area contributed by atoms with Crippen molar-refractivity contribution < 1.29 is 25.2 Å². The van der Waals surface area contributed by atoms with Gasteiger partial charge in [0.2, 0.25) is 11.7 Å². The molecule has 1 aliphatic heterocycles. The summed E-state index contributed by atoms with van der Waals surface area (Å²) in [7, 11) is 0. The smallest absolute Gasteiger partial charge is 0.295 e. The number of azide groups is 1. The third-order valence-electron chi connectivity index (χ3n) is 3.69. The van der Waals surface area contributed by atoms with Gasteiger partial charge in [-0.15, -0.1) is 0 Å². The fraction of sp³-hybridized carbons (Fsp3) is 0.500. The SMILES string of the molecule is [N-]=[N+]=N[C@@]1(O)[C@H](O)[C@@H](CO)O[C@@]1(O)n1cnc2c(=O)[nH]c(N)nc21. The third kappa shape index (κ3) is 1.89. The normalized spacial score (nSPS) is 32.8. The number of H-pyrrole nitrogens is 1. The van der Waals surface area contributed by atoms with Crippen LogP contribution < -0.4 is 11.3 Å². The molecule has 2 aromatic rings. The van der Waals surface area contributed by atoms with E-state index >= 15 is 0 Å². The molecule has 0 aromatic carbocycles. The standard InChI is InChI=1S/C10H12N8O6/c11-8-14-6-4(7(21)15-8)13-2-18(6)10(23)9(22,16-17-12)5(20)3(1-19)24-10/h2-3,5,19-20,22-23H,1H2,(H3,11,14,15,21)/t3-,5-,9-,10-/m1/s1. The lowest BCUT2D eigenvalue weighted by Crippen LogP contribution is -2.56. The van der Waals surface area contributed by atoms with E-state index in [2.05, 4.69) is 25.0 Å². The van der Waals surface area contributed by atoms with E-state index in [9.17, 15) is 25.2 Å². The monoisotopic (exact) mass is 340 g/mol. The molecule has 0 aliphatic carbocycles. The van der Waals surface area contributed by atoms with Gasteiger partial charge in [-0.3, -0.25) is 14.3 Å². The van der Waals surface area contributed by atoms with E-state index in [1.54, 1.807) is 0 Å². The Morgan fingerprint density at radius 3 is 2.92 bits per heavy atom. The number of nitrogens with two attached hydrogens (primary N) is 1. The second kappa shape index (κ2) is 5.13. The second-order valence-corrected chi connectivity index (χ2v) is 5.05. The highest BCUT2D eigenvalue weighted by atomic mass is 16.7. The van der Waals surface area contributed by atoms with Crippen molar-refractivity contribution in [3.63, 3.8) is 0 Å². The predicted molar refractivity (Wildman–Crippen MR) is 74.8 cm³/mol.